The van der Waals surface area contributed by atoms with Crippen LogP contribution in [0.5, 0.6) is 0 Å². The highest BCUT2D eigenvalue weighted by molar-refractivity contribution is 5.83. The number of rotatable bonds is 4. The molecule has 0 aromatic rings. The van der Waals surface area contributed by atoms with Crippen molar-refractivity contribution in [3.63, 3.8) is 0 Å². The van der Waals surface area contributed by atoms with Crippen molar-refractivity contribution < 1.29 is 9.90 Å². The van der Waals surface area contributed by atoms with Gasteiger partial charge in [-0.3, -0.25) is 4.79 Å². The Morgan fingerprint density at radius 1 is 1.53 bits per heavy atom. The molecule has 98 valence electrons. The van der Waals surface area contributed by atoms with Gasteiger partial charge in [-0.15, -0.1) is 0 Å². The van der Waals surface area contributed by atoms with Gasteiger partial charge in [-0.05, 0) is 32.2 Å². The van der Waals surface area contributed by atoms with Crippen LogP contribution in [0.1, 0.15) is 39.0 Å². The zero-order valence-electron chi connectivity index (χ0n) is 10.7. The number of aliphatic hydroxyl groups is 1. The van der Waals surface area contributed by atoms with E-state index < -0.39 is 0 Å². The molecule has 1 heterocycles. The van der Waals surface area contributed by atoms with E-state index in [2.05, 4.69) is 17.6 Å². The third kappa shape index (κ3) is 2.47. The van der Waals surface area contributed by atoms with E-state index in [1.807, 2.05) is 0 Å². The minimum atomic E-state index is -0.206. The van der Waals surface area contributed by atoms with Gasteiger partial charge in [-0.2, -0.15) is 0 Å². The van der Waals surface area contributed by atoms with Gasteiger partial charge < -0.3 is 15.7 Å². The number of amides is 1. The summed E-state index contributed by atoms with van der Waals surface area (Å²) in [6.45, 7) is 4.02. The maximum absolute atomic E-state index is 12.4. The fraction of sp³-hybridized carbons (Fsp3) is 0.923. The molecule has 2 aliphatic rings. The van der Waals surface area contributed by atoms with Crippen LogP contribution in [0.3, 0.4) is 0 Å². The van der Waals surface area contributed by atoms with Gasteiger partial charge in [-0.25, -0.2) is 0 Å². The quantitative estimate of drug-likeness (QED) is 0.676. The highest BCUT2D eigenvalue weighted by Gasteiger charge is 2.41. The molecule has 3 unspecified atom stereocenters. The first kappa shape index (κ1) is 12.8. The summed E-state index contributed by atoms with van der Waals surface area (Å²) in [7, 11) is 0. The van der Waals surface area contributed by atoms with Gasteiger partial charge >= 0.3 is 0 Å². The zero-order chi connectivity index (χ0) is 12.3. The Balaban J connectivity index is 1.96. The molecule has 0 aromatic heterocycles. The number of carbonyl (C=O) groups excluding carboxylic acids is 1. The van der Waals surface area contributed by atoms with E-state index in [1.54, 1.807) is 0 Å². The second kappa shape index (κ2) is 5.36. The average Bonchev–Trinajstić information content (AvgIpc) is 2.97. The summed E-state index contributed by atoms with van der Waals surface area (Å²) in [5, 5.41) is 15.7. The predicted molar refractivity (Wildman–Crippen MR) is 66.6 cm³/mol. The Labute approximate surface area is 103 Å². The zero-order valence-corrected chi connectivity index (χ0v) is 10.7. The van der Waals surface area contributed by atoms with Crippen molar-refractivity contribution in [3.8, 4) is 0 Å². The van der Waals surface area contributed by atoms with Gasteiger partial charge in [0, 0.05) is 25.1 Å². The van der Waals surface area contributed by atoms with E-state index in [4.69, 9.17) is 0 Å². The highest BCUT2D eigenvalue weighted by Crippen LogP contribution is 2.32. The molecule has 1 aliphatic heterocycles. The maximum atomic E-state index is 12.4. The molecule has 0 aromatic carbocycles. The first-order chi connectivity index (χ1) is 8.22. The molecule has 4 heteroatoms. The van der Waals surface area contributed by atoms with Crippen LogP contribution in [0.25, 0.3) is 0 Å². The largest absolute Gasteiger partial charge is 0.396 e. The Bertz CT molecular complexity index is 275. The summed E-state index contributed by atoms with van der Waals surface area (Å²) in [6, 6.07) is 0.191. The monoisotopic (exact) mass is 240 g/mol. The Kier molecular flexibility index (Phi) is 4.05. The van der Waals surface area contributed by atoms with Crippen LogP contribution in [0, 0.1) is 11.3 Å². The molecule has 2 rings (SSSR count). The standard InChI is InChI=1S/C13H24N2O2/c1-2-13(6-7-14-9-13)12(17)15-11-5-3-4-10(11)8-16/h10-11,14,16H,2-9H2,1H3,(H,15,17). The molecule has 3 N–H and O–H groups in total. The van der Waals surface area contributed by atoms with E-state index in [-0.39, 0.29) is 29.9 Å². The summed E-state index contributed by atoms with van der Waals surface area (Å²) in [6.07, 6.45) is 5.00. The lowest BCUT2D eigenvalue weighted by atomic mass is 9.83. The topological polar surface area (TPSA) is 61.4 Å². The molecule has 1 aliphatic carbocycles. The lowest BCUT2D eigenvalue weighted by molar-refractivity contribution is -0.131. The number of nitrogens with one attached hydrogen (secondary N) is 2. The molecule has 0 spiro atoms. The van der Waals surface area contributed by atoms with Gasteiger partial charge in [0.1, 0.15) is 0 Å². The average molecular weight is 240 g/mol. The minimum absolute atomic E-state index is 0.190. The molecule has 1 amide bonds. The van der Waals surface area contributed by atoms with Crippen LogP contribution in [0.15, 0.2) is 0 Å². The summed E-state index contributed by atoms with van der Waals surface area (Å²) >= 11 is 0. The van der Waals surface area contributed by atoms with Gasteiger partial charge in [0.2, 0.25) is 5.91 Å². The number of carbonyl (C=O) groups is 1. The maximum Gasteiger partial charge on any atom is 0.227 e. The van der Waals surface area contributed by atoms with Crippen LogP contribution >= 0.6 is 0 Å². The van der Waals surface area contributed by atoms with Crippen molar-refractivity contribution in [3.05, 3.63) is 0 Å². The first-order valence-corrected chi connectivity index (χ1v) is 6.84. The molecular formula is C13H24N2O2. The van der Waals surface area contributed by atoms with E-state index in [0.29, 0.717) is 0 Å². The number of hydrogen-bond donors (Lipinski definition) is 3. The van der Waals surface area contributed by atoms with E-state index in [0.717, 1.165) is 45.2 Å². The lowest BCUT2D eigenvalue weighted by Crippen LogP contribution is -2.48. The summed E-state index contributed by atoms with van der Waals surface area (Å²) in [5.74, 6) is 0.456. The normalized spacial score (nSPS) is 37.3. The van der Waals surface area contributed by atoms with Crippen LogP contribution in [0.2, 0.25) is 0 Å². The van der Waals surface area contributed by atoms with E-state index in [9.17, 15) is 9.90 Å². The van der Waals surface area contributed by atoms with Crippen LogP contribution in [-0.2, 0) is 4.79 Å². The van der Waals surface area contributed by atoms with Crippen molar-refractivity contribution in [2.24, 2.45) is 11.3 Å². The molecule has 1 saturated carbocycles. The summed E-state index contributed by atoms with van der Waals surface area (Å²) in [5.41, 5.74) is -0.206. The van der Waals surface area contributed by atoms with Gasteiger partial charge in [0.15, 0.2) is 0 Å². The van der Waals surface area contributed by atoms with E-state index >= 15 is 0 Å². The minimum Gasteiger partial charge on any atom is -0.396 e. The van der Waals surface area contributed by atoms with Gasteiger partial charge in [0.25, 0.3) is 0 Å². The first-order valence-electron chi connectivity index (χ1n) is 6.84. The predicted octanol–water partition coefficient (Wildman–Crippen LogP) is 0.653. The number of hydrogen-bond acceptors (Lipinski definition) is 3. The molecule has 4 nitrogen and oxygen atoms in total. The molecule has 0 radical (unpaired) electrons. The second-order valence-electron chi connectivity index (χ2n) is 5.51. The smallest absolute Gasteiger partial charge is 0.227 e. The molecule has 1 saturated heterocycles. The summed E-state index contributed by atoms with van der Waals surface area (Å²) in [4.78, 5) is 12.4. The third-order valence-corrected chi connectivity index (χ3v) is 4.61. The Hall–Kier alpha value is -0.610. The molecule has 0 bridgehead atoms. The van der Waals surface area contributed by atoms with E-state index in [1.165, 1.54) is 0 Å². The lowest BCUT2D eigenvalue weighted by Gasteiger charge is -2.29. The summed E-state index contributed by atoms with van der Waals surface area (Å²) < 4.78 is 0. The molecule has 2 fully saturated rings. The fourth-order valence-electron chi connectivity index (χ4n) is 3.17. The molecule has 3 atom stereocenters. The van der Waals surface area contributed by atoms with Gasteiger partial charge in [0.05, 0.1) is 5.41 Å². The highest BCUT2D eigenvalue weighted by atomic mass is 16.3. The molecule has 17 heavy (non-hydrogen) atoms. The SMILES string of the molecule is CCC1(C(=O)NC2CCCC2CO)CCNC1. The van der Waals surface area contributed by atoms with Gasteiger partial charge in [-0.1, -0.05) is 13.3 Å². The Morgan fingerprint density at radius 3 is 2.94 bits per heavy atom. The third-order valence-electron chi connectivity index (χ3n) is 4.61. The van der Waals surface area contributed by atoms with Crippen LogP contribution < -0.4 is 10.6 Å². The van der Waals surface area contributed by atoms with Crippen molar-refractivity contribution in [2.45, 2.75) is 45.1 Å². The fourth-order valence-corrected chi connectivity index (χ4v) is 3.17. The van der Waals surface area contributed by atoms with Crippen LogP contribution in [-0.4, -0.2) is 36.8 Å². The van der Waals surface area contributed by atoms with Crippen molar-refractivity contribution >= 4 is 5.91 Å². The van der Waals surface area contributed by atoms with Crippen LogP contribution in [0.4, 0.5) is 0 Å². The molecular weight excluding hydrogens is 216 g/mol. The number of aliphatic hydroxyl groups excluding tert-OH is 1. The van der Waals surface area contributed by atoms with Crippen molar-refractivity contribution in [2.75, 3.05) is 19.7 Å². The second-order valence-corrected chi connectivity index (χ2v) is 5.51. The Morgan fingerprint density at radius 2 is 2.35 bits per heavy atom. The van der Waals surface area contributed by atoms with Crippen molar-refractivity contribution in [1.29, 1.82) is 0 Å². The van der Waals surface area contributed by atoms with Crippen molar-refractivity contribution in [1.82, 2.24) is 10.6 Å².